The summed E-state index contributed by atoms with van der Waals surface area (Å²) in [4.78, 5) is 34.9. The number of carbonyl (C=O) groups excluding carboxylic acids is 3. The van der Waals surface area contributed by atoms with E-state index in [0.29, 0.717) is 25.1 Å². The highest BCUT2D eigenvalue weighted by Crippen LogP contribution is 2.19. The monoisotopic (exact) mass is 553 g/mol. The summed E-state index contributed by atoms with van der Waals surface area (Å²) in [5, 5.41) is 12.8. The normalized spacial score (nSPS) is 11.4. The molecule has 1 heterocycles. The Morgan fingerprint density at radius 3 is 2.32 bits per heavy atom. The SMILES string of the molecule is C=COC.CCc1ccc(CCCC(=O)F)s1.CN/C=C/CCC/C(=C/C(O)=C(\C)C(=O)C(C)C)OC=O. The van der Waals surface area contributed by atoms with E-state index >= 15 is 0 Å². The van der Waals surface area contributed by atoms with E-state index in [1.54, 1.807) is 39.2 Å². The van der Waals surface area contributed by atoms with E-state index in [-0.39, 0.29) is 29.5 Å². The highest BCUT2D eigenvalue weighted by atomic mass is 32.1. The smallest absolute Gasteiger partial charge is 0.301 e. The summed E-state index contributed by atoms with van der Waals surface area (Å²) in [5.74, 6) is -0.138. The number of ketones is 1. The van der Waals surface area contributed by atoms with Gasteiger partial charge in [0.05, 0.1) is 13.4 Å². The standard InChI is InChI=1S/C16H25NO4.C10H13FOS.C3H6O/c1-12(2)16(20)13(3)15(19)10-14(21-11-18)8-6-5-7-9-17-4;1-2-8-6-7-9(13-8)4-3-5-10(11)12;1-3-4-2/h7,9-12,17,19H,5-6,8H2,1-4H3;6-7H,2-5H2,1H3;3H,1H2,2H3/b9-7+,14-10-,15-13-;;. The minimum absolute atomic E-state index is 0.0549. The van der Waals surface area contributed by atoms with E-state index in [4.69, 9.17) is 4.74 Å². The van der Waals surface area contributed by atoms with Crippen molar-refractivity contribution in [3.8, 4) is 0 Å². The van der Waals surface area contributed by atoms with Gasteiger partial charge in [-0.2, -0.15) is 4.39 Å². The third-order valence-corrected chi connectivity index (χ3v) is 6.17. The van der Waals surface area contributed by atoms with E-state index in [1.165, 1.54) is 22.1 Å². The molecule has 0 spiro atoms. The number of Topliss-reactive ketones (excluding diaryl/α,β-unsaturated/α-hetero) is 1. The van der Waals surface area contributed by atoms with Crippen LogP contribution in [0.2, 0.25) is 0 Å². The summed E-state index contributed by atoms with van der Waals surface area (Å²) in [6, 6.07) is 2.95. The van der Waals surface area contributed by atoms with Gasteiger partial charge in [-0.15, -0.1) is 11.3 Å². The highest BCUT2D eigenvalue weighted by Gasteiger charge is 2.13. The number of nitrogens with one attached hydrogen (secondary N) is 1. The molecule has 0 aromatic carbocycles. The predicted molar refractivity (Wildman–Crippen MR) is 152 cm³/mol. The van der Waals surface area contributed by atoms with Gasteiger partial charge in [-0.05, 0) is 57.4 Å². The number of hydrogen-bond donors (Lipinski definition) is 2. The van der Waals surface area contributed by atoms with Crippen molar-refractivity contribution in [2.45, 2.75) is 72.6 Å². The largest absolute Gasteiger partial charge is 0.507 e. The van der Waals surface area contributed by atoms with Gasteiger partial charge in [-0.1, -0.05) is 33.4 Å². The molecule has 0 fully saturated rings. The Kier molecular flexibility index (Phi) is 23.5. The van der Waals surface area contributed by atoms with E-state index in [1.807, 2.05) is 19.3 Å². The van der Waals surface area contributed by atoms with Crippen LogP contribution < -0.4 is 5.32 Å². The maximum Gasteiger partial charge on any atom is 0.301 e. The quantitative estimate of drug-likeness (QED) is 0.0573. The number of halogens is 1. The number of rotatable bonds is 16. The van der Waals surface area contributed by atoms with Gasteiger partial charge >= 0.3 is 6.04 Å². The number of thiophene rings is 1. The Bertz CT molecular complexity index is 918. The lowest BCUT2D eigenvalue weighted by molar-refractivity contribution is -0.129. The molecule has 38 heavy (non-hydrogen) atoms. The number of aryl methyl sites for hydroxylation is 2. The number of aliphatic hydroxyl groups is 1. The summed E-state index contributed by atoms with van der Waals surface area (Å²) < 4.78 is 21.0. The molecular formula is C29H44FNO6S. The third kappa shape index (κ3) is 19.9. The number of allylic oxidation sites excluding steroid dienone is 4. The van der Waals surface area contributed by atoms with Crippen LogP contribution in [0.25, 0.3) is 0 Å². The molecule has 0 atom stereocenters. The van der Waals surface area contributed by atoms with Crippen LogP contribution in [0.15, 0.2) is 60.4 Å². The van der Waals surface area contributed by atoms with Crippen molar-refractivity contribution >= 4 is 29.6 Å². The van der Waals surface area contributed by atoms with Gasteiger partial charge in [-0.3, -0.25) is 14.4 Å². The fraction of sp³-hybridized carbons (Fsp3) is 0.483. The first-order valence-electron chi connectivity index (χ1n) is 12.5. The van der Waals surface area contributed by atoms with Gasteiger partial charge in [0, 0.05) is 47.2 Å². The van der Waals surface area contributed by atoms with Gasteiger partial charge in [0.1, 0.15) is 11.5 Å². The second kappa shape index (κ2) is 24.2. The van der Waals surface area contributed by atoms with Gasteiger partial charge in [0.25, 0.3) is 6.47 Å². The molecule has 1 aromatic heterocycles. The molecule has 0 unspecified atom stereocenters. The Hall–Kier alpha value is -3.20. The van der Waals surface area contributed by atoms with Crippen molar-refractivity contribution < 1.29 is 33.4 Å². The molecule has 0 aliphatic rings. The van der Waals surface area contributed by atoms with Crippen LogP contribution in [0, 0.1) is 5.92 Å². The van der Waals surface area contributed by atoms with Gasteiger partial charge in [0.2, 0.25) is 0 Å². The Morgan fingerprint density at radius 2 is 1.84 bits per heavy atom. The molecule has 0 radical (unpaired) electrons. The topological polar surface area (TPSA) is 102 Å². The molecule has 9 heteroatoms. The third-order valence-electron chi connectivity index (χ3n) is 4.88. The van der Waals surface area contributed by atoms with Gasteiger partial charge in [0.15, 0.2) is 5.78 Å². The summed E-state index contributed by atoms with van der Waals surface area (Å²) in [7, 11) is 3.38. The van der Waals surface area contributed by atoms with Gasteiger partial charge < -0.3 is 19.9 Å². The van der Waals surface area contributed by atoms with Crippen molar-refractivity contribution in [3.63, 3.8) is 0 Å². The average molecular weight is 554 g/mol. The van der Waals surface area contributed by atoms with Crippen LogP contribution in [-0.2, 0) is 36.7 Å². The highest BCUT2D eigenvalue weighted by molar-refractivity contribution is 7.11. The molecule has 0 amide bonds. The Morgan fingerprint density at radius 1 is 1.21 bits per heavy atom. The Labute approximate surface area is 231 Å². The average Bonchev–Trinajstić information content (AvgIpc) is 3.35. The fourth-order valence-corrected chi connectivity index (χ4v) is 3.79. The number of ether oxygens (including phenoxy) is 2. The zero-order chi connectivity index (χ0) is 29.3. The number of carbonyl (C=O) groups is 3. The minimum Gasteiger partial charge on any atom is -0.507 e. The molecule has 0 aliphatic heterocycles. The second-order valence-electron chi connectivity index (χ2n) is 8.27. The molecule has 214 valence electrons. The van der Waals surface area contributed by atoms with Crippen LogP contribution in [0.3, 0.4) is 0 Å². The fourth-order valence-electron chi connectivity index (χ4n) is 2.79. The van der Waals surface area contributed by atoms with Crippen LogP contribution in [0.4, 0.5) is 4.39 Å². The molecule has 7 nitrogen and oxygen atoms in total. The summed E-state index contributed by atoms with van der Waals surface area (Å²) in [6.45, 7) is 10.8. The molecule has 1 rings (SSSR count). The molecule has 0 saturated heterocycles. The van der Waals surface area contributed by atoms with E-state index in [2.05, 4.69) is 35.7 Å². The Balaban J connectivity index is 0. The van der Waals surface area contributed by atoms with E-state index in [0.717, 1.165) is 25.7 Å². The maximum atomic E-state index is 11.8. The van der Waals surface area contributed by atoms with Gasteiger partial charge in [-0.25, -0.2) is 0 Å². The van der Waals surface area contributed by atoms with Crippen molar-refractivity contribution in [1.82, 2.24) is 5.32 Å². The summed E-state index contributed by atoms with van der Waals surface area (Å²) in [6.07, 6.45) is 11.1. The first-order chi connectivity index (χ1) is 18.1. The molecule has 0 bridgehead atoms. The van der Waals surface area contributed by atoms with Crippen LogP contribution in [0.5, 0.6) is 0 Å². The molecule has 2 N–H and O–H groups in total. The molecule has 1 aromatic rings. The molecule has 0 saturated carbocycles. The second-order valence-corrected chi connectivity index (χ2v) is 9.52. The number of methoxy groups -OCH3 is 1. The maximum absolute atomic E-state index is 11.8. The number of hydrogen-bond acceptors (Lipinski definition) is 8. The van der Waals surface area contributed by atoms with Crippen LogP contribution in [0.1, 0.15) is 69.6 Å². The number of unbranched alkanes of at least 4 members (excludes halogenated alkanes) is 1. The van der Waals surface area contributed by atoms with Crippen molar-refractivity contribution in [2.24, 2.45) is 5.92 Å². The lowest BCUT2D eigenvalue weighted by Crippen LogP contribution is -2.10. The lowest BCUT2D eigenvalue weighted by Gasteiger charge is -2.07. The molecular weight excluding hydrogens is 509 g/mol. The summed E-state index contributed by atoms with van der Waals surface area (Å²) >= 11 is 1.75. The first kappa shape index (κ1) is 37.0. The number of aliphatic hydroxyl groups excluding tert-OH is 1. The summed E-state index contributed by atoms with van der Waals surface area (Å²) in [5.41, 5.74) is 0.270. The van der Waals surface area contributed by atoms with Crippen molar-refractivity contribution in [2.75, 3.05) is 14.2 Å². The first-order valence-corrected chi connectivity index (χ1v) is 13.4. The minimum atomic E-state index is -1.20. The predicted octanol–water partition coefficient (Wildman–Crippen LogP) is 6.91. The zero-order valence-corrected chi connectivity index (χ0v) is 24.4. The van der Waals surface area contributed by atoms with Crippen molar-refractivity contribution in [3.05, 3.63) is 70.2 Å². The van der Waals surface area contributed by atoms with Crippen molar-refractivity contribution in [1.29, 1.82) is 0 Å². The van der Waals surface area contributed by atoms with E-state index in [9.17, 15) is 23.9 Å². The van der Waals surface area contributed by atoms with Crippen LogP contribution in [-0.4, -0.2) is 37.6 Å². The van der Waals surface area contributed by atoms with E-state index < -0.39 is 6.04 Å². The molecule has 0 aliphatic carbocycles. The zero-order valence-electron chi connectivity index (χ0n) is 23.6. The van der Waals surface area contributed by atoms with Crippen LogP contribution >= 0.6 is 11.3 Å². The lowest BCUT2D eigenvalue weighted by atomic mass is 10.0.